The van der Waals surface area contributed by atoms with E-state index in [1.54, 1.807) is 16.7 Å². The fraction of sp³-hybridized carbons (Fsp3) is 0.200. The van der Waals surface area contributed by atoms with Crippen molar-refractivity contribution in [2.45, 2.75) is 30.1 Å². The van der Waals surface area contributed by atoms with Crippen molar-refractivity contribution >= 4 is 35.0 Å². The molecule has 1 aliphatic heterocycles. The SMILES string of the molecule is Cc1ccc(C)c(N2CC(C(=O)Nc3ccccc3Sc3ccccc3)CC2=O)c1. The number of nitrogens with one attached hydrogen (secondary N) is 1. The van der Waals surface area contributed by atoms with Crippen LogP contribution in [0.25, 0.3) is 0 Å². The van der Waals surface area contributed by atoms with E-state index in [0.717, 1.165) is 32.3 Å². The largest absolute Gasteiger partial charge is 0.325 e. The first-order chi connectivity index (χ1) is 14.5. The normalized spacial score (nSPS) is 16.0. The lowest BCUT2D eigenvalue weighted by Crippen LogP contribution is -2.28. The van der Waals surface area contributed by atoms with Crippen molar-refractivity contribution in [3.05, 3.63) is 83.9 Å². The van der Waals surface area contributed by atoms with Gasteiger partial charge in [-0.2, -0.15) is 0 Å². The van der Waals surface area contributed by atoms with Gasteiger partial charge in [0.05, 0.1) is 11.6 Å². The first-order valence-electron chi connectivity index (χ1n) is 10.0. The van der Waals surface area contributed by atoms with E-state index in [-0.39, 0.29) is 24.2 Å². The van der Waals surface area contributed by atoms with E-state index in [4.69, 9.17) is 0 Å². The number of carbonyl (C=O) groups is 2. The van der Waals surface area contributed by atoms with E-state index in [1.165, 1.54) is 0 Å². The number of aryl methyl sites for hydroxylation is 2. The summed E-state index contributed by atoms with van der Waals surface area (Å²) in [4.78, 5) is 29.5. The summed E-state index contributed by atoms with van der Waals surface area (Å²) in [5.74, 6) is -0.486. The molecule has 4 nitrogen and oxygen atoms in total. The zero-order valence-electron chi connectivity index (χ0n) is 17.1. The highest BCUT2D eigenvalue weighted by atomic mass is 32.2. The Kier molecular flexibility index (Phi) is 5.91. The summed E-state index contributed by atoms with van der Waals surface area (Å²) in [6.07, 6.45) is 0.229. The topological polar surface area (TPSA) is 49.4 Å². The summed E-state index contributed by atoms with van der Waals surface area (Å²) in [7, 11) is 0. The number of para-hydroxylation sites is 1. The third kappa shape index (κ3) is 4.41. The van der Waals surface area contributed by atoms with Gasteiger partial charge in [0.2, 0.25) is 11.8 Å². The third-order valence-corrected chi connectivity index (χ3v) is 6.35. The predicted molar refractivity (Wildman–Crippen MR) is 122 cm³/mol. The third-order valence-electron chi connectivity index (χ3n) is 5.27. The van der Waals surface area contributed by atoms with Gasteiger partial charge >= 0.3 is 0 Å². The molecule has 0 spiro atoms. The van der Waals surface area contributed by atoms with Crippen LogP contribution < -0.4 is 10.2 Å². The Bertz CT molecular complexity index is 1080. The Hall–Kier alpha value is -3.05. The van der Waals surface area contributed by atoms with Gasteiger partial charge in [-0.05, 0) is 55.3 Å². The highest BCUT2D eigenvalue weighted by Crippen LogP contribution is 2.34. The zero-order chi connectivity index (χ0) is 21.1. The molecule has 152 valence electrons. The number of anilines is 2. The summed E-state index contributed by atoms with van der Waals surface area (Å²) in [6.45, 7) is 4.41. The molecule has 1 heterocycles. The highest BCUT2D eigenvalue weighted by molar-refractivity contribution is 7.99. The highest BCUT2D eigenvalue weighted by Gasteiger charge is 2.35. The molecular weight excluding hydrogens is 392 g/mol. The molecule has 0 saturated carbocycles. The fourth-order valence-corrected chi connectivity index (χ4v) is 4.56. The van der Waals surface area contributed by atoms with Crippen LogP contribution in [0.15, 0.2) is 82.6 Å². The second kappa shape index (κ2) is 8.76. The number of benzene rings is 3. The van der Waals surface area contributed by atoms with Gasteiger partial charge < -0.3 is 10.2 Å². The molecule has 1 fully saturated rings. The van der Waals surface area contributed by atoms with Crippen LogP contribution >= 0.6 is 11.8 Å². The molecule has 0 aliphatic carbocycles. The minimum Gasteiger partial charge on any atom is -0.325 e. The second-order valence-electron chi connectivity index (χ2n) is 7.60. The fourth-order valence-electron chi connectivity index (χ4n) is 3.64. The quantitative estimate of drug-likeness (QED) is 0.602. The summed E-state index contributed by atoms with van der Waals surface area (Å²) in [5, 5.41) is 3.05. The molecule has 0 aromatic heterocycles. The molecule has 3 aromatic carbocycles. The molecule has 1 N–H and O–H groups in total. The summed E-state index contributed by atoms with van der Waals surface area (Å²) in [5.41, 5.74) is 3.81. The lowest BCUT2D eigenvalue weighted by Gasteiger charge is -2.20. The molecule has 2 amide bonds. The minimum absolute atomic E-state index is 0.00389. The number of nitrogens with zero attached hydrogens (tertiary/aromatic N) is 1. The van der Waals surface area contributed by atoms with Crippen LogP contribution in [0.2, 0.25) is 0 Å². The van der Waals surface area contributed by atoms with Crippen molar-refractivity contribution in [3.63, 3.8) is 0 Å². The Morgan fingerprint density at radius 2 is 1.73 bits per heavy atom. The van der Waals surface area contributed by atoms with Gasteiger partial charge in [0, 0.05) is 28.4 Å². The van der Waals surface area contributed by atoms with E-state index in [0.29, 0.717) is 6.54 Å². The van der Waals surface area contributed by atoms with Gasteiger partial charge in [0.15, 0.2) is 0 Å². The molecule has 1 aliphatic rings. The molecule has 1 saturated heterocycles. The number of rotatable bonds is 5. The molecule has 3 aromatic rings. The van der Waals surface area contributed by atoms with Gasteiger partial charge in [-0.25, -0.2) is 0 Å². The van der Waals surface area contributed by atoms with Crippen LogP contribution in [0.1, 0.15) is 17.5 Å². The van der Waals surface area contributed by atoms with E-state index >= 15 is 0 Å². The van der Waals surface area contributed by atoms with Crippen LogP contribution in [-0.2, 0) is 9.59 Å². The predicted octanol–water partition coefficient (Wildman–Crippen LogP) is 5.45. The molecule has 1 atom stereocenters. The number of hydrogen-bond donors (Lipinski definition) is 1. The molecule has 0 bridgehead atoms. The van der Waals surface area contributed by atoms with Crippen LogP contribution in [-0.4, -0.2) is 18.4 Å². The van der Waals surface area contributed by atoms with Crippen molar-refractivity contribution in [3.8, 4) is 0 Å². The van der Waals surface area contributed by atoms with Crippen LogP contribution in [0.5, 0.6) is 0 Å². The number of amides is 2. The van der Waals surface area contributed by atoms with E-state index < -0.39 is 0 Å². The standard InChI is InChI=1S/C25H24N2O2S/c1-17-12-13-18(2)22(14-17)27-16-19(15-24(27)28)25(29)26-21-10-6-7-11-23(21)30-20-8-4-3-5-9-20/h3-14,19H,15-16H2,1-2H3,(H,26,29). The van der Waals surface area contributed by atoms with Gasteiger partial charge in [-0.3, -0.25) is 9.59 Å². The van der Waals surface area contributed by atoms with Crippen molar-refractivity contribution in [2.75, 3.05) is 16.8 Å². The van der Waals surface area contributed by atoms with E-state index in [2.05, 4.69) is 5.32 Å². The van der Waals surface area contributed by atoms with Crippen molar-refractivity contribution in [1.82, 2.24) is 0 Å². The van der Waals surface area contributed by atoms with E-state index in [9.17, 15) is 9.59 Å². The van der Waals surface area contributed by atoms with Gasteiger partial charge in [0.25, 0.3) is 0 Å². The van der Waals surface area contributed by atoms with Crippen LogP contribution in [0.3, 0.4) is 0 Å². The van der Waals surface area contributed by atoms with Crippen molar-refractivity contribution in [1.29, 1.82) is 0 Å². The average Bonchev–Trinajstić information content (AvgIpc) is 3.13. The monoisotopic (exact) mass is 416 g/mol. The van der Waals surface area contributed by atoms with Gasteiger partial charge in [-0.15, -0.1) is 0 Å². The number of hydrogen-bond acceptors (Lipinski definition) is 3. The Balaban J connectivity index is 1.49. The number of carbonyl (C=O) groups excluding carboxylic acids is 2. The average molecular weight is 417 g/mol. The summed E-state index contributed by atoms with van der Waals surface area (Å²) in [6, 6.07) is 23.9. The Labute approximate surface area is 181 Å². The molecular formula is C25H24N2O2S. The van der Waals surface area contributed by atoms with Crippen molar-refractivity contribution < 1.29 is 9.59 Å². The molecule has 30 heavy (non-hydrogen) atoms. The zero-order valence-corrected chi connectivity index (χ0v) is 17.9. The molecule has 1 unspecified atom stereocenters. The summed E-state index contributed by atoms with van der Waals surface area (Å²) >= 11 is 1.61. The second-order valence-corrected chi connectivity index (χ2v) is 8.71. The first-order valence-corrected chi connectivity index (χ1v) is 10.8. The summed E-state index contributed by atoms with van der Waals surface area (Å²) < 4.78 is 0. The minimum atomic E-state index is -0.368. The Morgan fingerprint density at radius 1 is 1.00 bits per heavy atom. The lowest BCUT2D eigenvalue weighted by atomic mass is 10.1. The maximum Gasteiger partial charge on any atom is 0.229 e. The molecule has 0 radical (unpaired) electrons. The smallest absolute Gasteiger partial charge is 0.229 e. The molecule has 5 heteroatoms. The maximum absolute atomic E-state index is 13.0. The first kappa shape index (κ1) is 20.2. The van der Waals surface area contributed by atoms with E-state index in [1.807, 2.05) is 86.6 Å². The van der Waals surface area contributed by atoms with Crippen LogP contribution in [0, 0.1) is 19.8 Å². The maximum atomic E-state index is 13.0. The molecule has 4 rings (SSSR count). The van der Waals surface area contributed by atoms with Gasteiger partial charge in [0.1, 0.15) is 0 Å². The van der Waals surface area contributed by atoms with Gasteiger partial charge in [-0.1, -0.05) is 54.2 Å². The lowest BCUT2D eigenvalue weighted by molar-refractivity contribution is -0.122. The van der Waals surface area contributed by atoms with Crippen molar-refractivity contribution in [2.24, 2.45) is 5.92 Å². The Morgan fingerprint density at radius 3 is 2.53 bits per heavy atom. The van der Waals surface area contributed by atoms with Crippen LogP contribution in [0.4, 0.5) is 11.4 Å².